The van der Waals surface area contributed by atoms with Crippen LogP contribution in [0.3, 0.4) is 0 Å². The summed E-state index contributed by atoms with van der Waals surface area (Å²) >= 11 is 0. The number of nitrogens with two attached hydrogens (primary N) is 1. The number of ether oxygens (including phenoxy) is 2. The van der Waals surface area contributed by atoms with Crippen LogP contribution in [-0.4, -0.2) is 40.7 Å². The second-order valence-corrected chi connectivity index (χ2v) is 5.27. The first-order valence-electron chi connectivity index (χ1n) is 7.60. The molecule has 0 bridgehead atoms. The highest BCUT2D eigenvalue weighted by Crippen LogP contribution is 2.23. The summed E-state index contributed by atoms with van der Waals surface area (Å²) in [7, 11) is 0. The third-order valence-electron chi connectivity index (χ3n) is 3.39. The minimum Gasteiger partial charge on any atom is -0.465 e. The van der Waals surface area contributed by atoms with E-state index in [0.717, 1.165) is 0 Å². The summed E-state index contributed by atoms with van der Waals surface area (Å²) < 4.78 is 11.0. The van der Waals surface area contributed by atoms with Crippen LogP contribution in [0.15, 0.2) is 72.6 Å². The van der Waals surface area contributed by atoms with E-state index in [2.05, 4.69) is 0 Å². The van der Waals surface area contributed by atoms with E-state index in [0.29, 0.717) is 5.76 Å². The number of hydrogen-bond acceptors (Lipinski definition) is 5. The van der Waals surface area contributed by atoms with Gasteiger partial charge >= 0.3 is 0 Å². The van der Waals surface area contributed by atoms with Crippen molar-refractivity contribution in [3.8, 4) is 0 Å². The first-order valence-corrected chi connectivity index (χ1v) is 7.60. The van der Waals surface area contributed by atoms with Gasteiger partial charge in [-0.2, -0.15) is 0 Å². The average molecular weight is 331 g/mol. The van der Waals surface area contributed by atoms with Gasteiger partial charge in [0.1, 0.15) is 11.9 Å². The van der Waals surface area contributed by atoms with Crippen LogP contribution in [0.2, 0.25) is 0 Å². The van der Waals surface area contributed by atoms with Crippen LogP contribution in [-0.2, 0) is 14.3 Å². The lowest BCUT2D eigenvalue weighted by Crippen LogP contribution is -2.54. The first kappa shape index (κ1) is 17.9. The molecule has 1 amide bonds. The molecule has 2 aliphatic rings. The Morgan fingerprint density at radius 3 is 2.25 bits per heavy atom. The third kappa shape index (κ3) is 5.34. The summed E-state index contributed by atoms with van der Waals surface area (Å²) in [6, 6.07) is 0. The predicted molar refractivity (Wildman–Crippen MR) is 89.4 cm³/mol. The molecule has 0 spiro atoms. The summed E-state index contributed by atoms with van der Waals surface area (Å²) in [6.07, 6.45) is 15.4. The summed E-state index contributed by atoms with van der Waals surface area (Å²) in [6.45, 7) is 0. The molecule has 2 rings (SSSR count). The van der Waals surface area contributed by atoms with Crippen LogP contribution >= 0.6 is 0 Å². The fourth-order valence-electron chi connectivity index (χ4n) is 2.18. The number of aliphatic hydroxyl groups is 2. The van der Waals surface area contributed by atoms with Gasteiger partial charge in [-0.05, 0) is 12.2 Å². The predicted octanol–water partition coefficient (Wildman–Crippen LogP) is 1.00. The molecule has 1 aliphatic heterocycles. The number of allylic oxidation sites excluding steroid dienone is 11. The number of hydrogen-bond donors (Lipinski definition) is 3. The van der Waals surface area contributed by atoms with Crippen molar-refractivity contribution >= 4 is 5.91 Å². The molecule has 0 radical (unpaired) electrons. The SMILES string of the molecule is NC(=O)[C@H]1O[C@@H](OC2=C\C=C/C=C\C=C/C=C\C=C2)C[C@@H](O)[C@@H]1O. The largest absolute Gasteiger partial charge is 0.465 e. The summed E-state index contributed by atoms with van der Waals surface area (Å²) in [5.74, 6) is -0.372. The molecule has 1 aliphatic carbocycles. The van der Waals surface area contributed by atoms with Crippen LogP contribution in [0.4, 0.5) is 0 Å². The van der Waals surface area contributed by atoms with E-state index < -0.39 is 30.5 Å². The summed E-state index contributed by atoms with van der Waals surface area (Å²) in [5, 5.41) is 19.6. The van der Waals surface area contributed by atoms with E-state index >= 15 is 0 Å². The van der Waals surface area contributed by atoms with Gasteiger partial charge in [-0.15, -0.1) is 0 Å². The zero-order chi connectivity index (χ0) is 17.4. The van der Waals surface area contributed by atoms with Gasteiger partial charge in [0.25, 0.3) is 0 Å². The molecule has 6 heteroatoms. The normalized spacial score (nSPS) is 35.7. The van der Waals surface area contributed by atoms with Crippen molar-refractivity contribution in [2.75, 3.05) is 0 Å². The Balaban J connectivity index is 2.10. The first-order chi connectivity index (χ1) is 11.6. The molecule has 0 aromatic rings. The molecule has 0 aromatic heterocycles. The molecule has 0 saturated carbocycles. The second kappa shape index (κ2) is 9.02. The van der Waals surface area contributed by atoms with Crippen molar-refractivity contribution in [3.63, 3.8) is 0 Å². The lowest BCUT2D eigenvalue weighted by atomic mass is 10.0. The maximum atomic E-state index is 11.3. The Morgan fingerprint density at radius 2 is 1.62 bits per heavy atom. The Hall–Kier alpha value is -2.41. The highest BCUT2D eigenvalue weighted by Gasteiger charge is 2.40. The number of amides is 1. The molecule has 1 heterocycles. The van der Waals surface area contributed by atoms with Crippen molar-refractivity contribution < 1.29 is 24.5 Å². The minimum absolute atomic E-state index is 0.0261. The van der Waals surface area contributed by atoms with E-state index in [1.54, 1.807) is 24.3 Å². The fourth-order valence-corrected chi connectivity index (χ4v) is 2.18. The summed E-state index contributed by atoms with van der Waals surface area (Å²) in [4.78, 5) is 11.3. The highest BCUT2D eigenvalue weighted by molar-refractivity contribution is 5.79. The number of rotatable bonds is 3. The van der Waals surface area contributed by atoms with Crippen LogP contribution in [0.5, 0.6) is 0 Å². The summed E-state index contributed by atoms with van der Waals surface area (Å²) in [5.41, 5.74) is 5.18. The van der Waals surface area contributed by atoms with Gasteiger partial charge in [0, 0.05) is 6.42 Å². The monoisotopic (exact) mass is 331 g/mol. The van der Waals surface area contributed by atoms with Gasteiger partial charge in [-0.1, -0.05) is 54.7 Å². The molecule has 6 nitrogen and oxygen atoms in total. The highest BCUT2D eigenvalue weighted by atomic mass is 16.7. The van der Waals surface area contributed by atoms with Crippen molar-refractivity contribution in [2.24, 2.45) is 5.73 Å². The van der Waals surface area contributed by atoms with Crippen LogP contribution in [0, 0.1) is 0 Å². The molecule has 0 unspecified atom stereocenters. The van der Waals surface area contributed by atoms with E-state index in [9.17, 15) is 15.0 Å². The van der Waals surface area contributed by atoms with Crippen LogP contribution < -0.4 is 5.73 Å². The van der Waals surface area contributed by atoms with E-state index in [-0.39, 0.29) is 6.42 Å². The lowest BCUT2D eigenvalue weighted by Gasteiger charge is -2.35. The fraction of sp³-hybridized carbons (Fsp3) is 0.278. The molecular formula is C18H21NO5. The van der Waals surface area contributed by atoms with Gasteiger partial charge in [0.15, 0.2) is 6.10 Å². The molecular weight excluding hydrogens is 310 g/mol. The van der Waals surface area contributed by atoms with E-state index in [1.807, 2.05) is 42.5 Å². The molecule has 4 atom stereocenters. The van der Waals surface area contributed by atoms with Crippen molar-refractivity contribution in [1.82, 2.24) is 0 Å². The Morgan fingerprint density at radius 1 is 1.04 bits per heavy atom. The molecule has 1 saturated heterocycles. The zero-order valence-electron chi connectivity index (χ0n) is 13.1. The zero-order valence-corrected chi connectivity index (χ0v) is 13.1. The van der Waals surface area contributed by atoms with Crippen LogP contribution in [0.1, 0.15) is 6.42 Å². The number of carbonyl (C=O) groups is 1. The number of primary amides is 1. The Kier molecular flexibility index (Phi) is 6.74. The standard InChI is InChI=1S/C18H21NO5/c19-18(22)17-16(21)14(20)12-15(24-17)23-13-10-8-6-4-2-1-3-5-7-9-11-13/h1-11,14-17,20-21H,12H2,(H2,19,22)/b2-1-,3-1?,4-2?,5-3-,6-4-,7-5?,8-6?,9-7-,10-8?,11-9?,13-10?,13-11?/t14-,15-,16+,17+/m1/s1. The molecule has 0 aromatic carbocycles. The minimum atomic E-state index is -1.36. The van der Waals surface area contributed by atoms with Crippen molar-refractivity contribution in [3.05, 3.63) is 72.6 Å². The van der Waals surface area contributed by atoms with Gasteiger partial charge in [-0.25, -0.2) is 0 Å². The third-order valence-corrected chi connectivity index (χ3v) is 3.39. The van der Waals surface area contributed by atoms with Gasteiger partial charge in [-0.3, -0.25) is 4.79 Å². The second-order valence-electron chi connectivity index (χ2n) is 5.27. The van der Waals surface area contributed by atoms with Crippen molar-refractivity contribution in [1.29, 1.82) is 0 Å². The average Bonchev–Trinajstić information content (AvgIpc) is 2.53. The molecule has 4 N–H and O–H groups in total. The molecule has 128 valence electrons. The van der Waals surface area contributed by atoms with Crippen LogP contribution in [0.25, 0.3) is 0 Å². The Bertz CT molecular complexity index is 615. The Labute approximate surface area is 140 Å². The smallest absolute Gasteiger partial charge is 0.249 e. The number of aliphatic hydroxyl groups excluding tert-OH is 2. The van der Waals surface area contributed by atoms with Gasteiger partial charge in [0.2, 0.25) is 12.2 Å². The number of carbonyl (C=O) groups excluding carboxylic acids is 1. The lowest BCUT2D eigenvalue weighted by molar-refractivity contribution is -0.232. The maximum absolute atomic E-state index is 11.3. The van der Waals surface area contributed by atoms with Gasteiger partial charge < -0.3 is 25.4 Å². The molecule has 24 heavy (non-hydrogen) atoms. The van der Waals surface area contributed by atoms with Crippen molar-refractivity contribution in [2.45, 2.75) is 31.0 Å². The topological polar surface area (TPSA) is 102 Å². The van der Waals surface area contributed by atoms with E-state index in [4.69, 9.17) is 15.2 Å². The maximum Gasteiger partial charge on any atom is 0.249 e. The quantitative estimate of drug-likeness (QED) is 0.716. The van der Waals surface area contributed by atoms with Gasteiger partial charge in [0.05, 0.1) is 6.10 Å². The van der Waals surface area contributed by atoms with E-state index in [1.165, 1.54) is 0 Å². The molecule has 1 fully saturated rings.